The molecule has 3 fully saturated rings. The Morgan fingerprint density at radius 1 is 0.763 bits per heavy atom. The Hall–Kier alpha value is -3.59. The van der Waals surface area contributed by atoms with Crippen molar-refractivity contribution >= 4 is 21.8 Å². The summed E-state index contributed by atoms with van der Waals surface area (Å²) in [5, 5.41) is 2.48. The van der Waals surface area contributed by atoms with Crippen LogP contribution in [0.15, 0.2) is 91.1 Å². The van der Waals surface area contributed by atoms with Crippen LogP contribution in [-0.2, 0) is 5.41 Å². The molecule has 0 aliphatic heterocycles. The summed E-state index contributed by atoms with van der Waals surface area (Å²) >= 11 is 0. The molecule has 0 N–H and O–H groups in total. The van der Waals surface area contributed by atoms with Gasteiger partial charge in [0.1, 0.15) is 11.6 Å². The SMILES string of the molecule is COc1ccc2c3ccccc3n(-c3cc(C4(c5ccccc5)CC5CCC6CC5CC4C6)ccn3)c2c1. The second kappa shape index (κ2) is 8.46. The van der Waals surface area contributed by atoms with Crippen molar-refractivity contribution in [2.75, 3.05) is 7.11 Å². The van der Waals surface area contributed by atoms with E-state index in [1.807, 2.05) is 0 Å². The molecule has 0 spiro atoms. The number of hydrogen-bond donors (Lipinski definition) is 0. The maximum atomic E-state index is 5.64. The molecule has 38 heavy (non-hydrogen) atoms. The summed E-state index contributed by atoms with van der Waals surface area (Å²) in [4.78, 5) is 5.01. The minimum atomic E-state index is 0.0512. The van der Waals surface area contributed by atoms with Gasteiger partial charge in [0.2, 0.25) is 0 Å². The van der Waals surface area contributed by atoms with Crippen LogP contribution in [0.5, 0.6) is 5.75 Å². The van der Waals surface area contributed by atoms with E-state index in [2.05, 4.69) is 95.7 Å². The molecule has 3 aromatic carbocycles. The number of aromatic nitrogens is 2. The third kappa shape index (κ3) is 3.17. The minimum Gasteiger partial charge on any atom is -0.497 e. The van der Waals surface area contributed by atoms with Gasteiger partial charge in [0.05, 0.1) is 18.1 Å². The summed E-state index contributed by atoms with van der Waals surface area (Å²) in [6, 6.07) is 31.3. The Morgan fingerprint density at radius 3 is 2.50 bits per heavy atom. The lowest BCUT2D eigenvalue weighted by atomic mass is 9.46. The molecule has 8 rings (SSSR count). The predicted octanol–water partition coefficient (Wildman–Crippen LogP) is 8.32. The minimum absolute atomic E-state index is 0.0512. The Balaban J connectivity index is 1.36. The van der Waals surface area contributed by atoms with E-state index < -0.39 is 0 Å². The molecule has 0 amide bonds. The van der Waals surface area contributed by atoms with Gasteiger partial charge in [-0.1, -0.05) is 55.0 Å². The topological polar surface area (TPSA) is 27.1 Å². The van der Waals surface area contributed by atoms with Crippen LogP contribution in [0, 0.1) is 23.7 Å². The third-order valence-electron chi connectivity index (χ3n) is 10.4. The number of para-hydroxylation sites is 1. The average molecular weight is 499 g/mol. The van der Waals surface area contributed by atoms with Gasteiger partial charge in [-0.15, -0.1) is 0 Å². The third-order valence-corrected chi connectivity index (χ3v) is 10.4. The zero-order chi connectivity index (χ0) is 25.3. The Morgan fingerprint density at radius 2 is 1.61 bits per heavy atom. The second-order valence-electron chi connectivity index (χ2n) is 12.0. The molecule has 3 aliphatic rings. The molecule has 0 radical (unpaired) electrons. The maximum absolute atomic E-state index is 5.64. The summed E-state index contributed by atoms with van der Waals surface area (Å²) in [5.74, 6) is 5.23. The van der Waals surface area contributed by atoms with Crippen LogP contribution in [0.2, 0.25) is 0 Å². The number of nitrogens with zero attached hydrogens (tertiary/aromatic N) is 2. The number of methoxy groups -OCH3 is 1. The van der Waals surface area contributed by atoms with Crippen LogP contribution in [0.3, 0.4) is 0 Å². The van der Waals surface area contributed by atoms with E-state index in [0.717, 1.165) is 34.8 Å². The van der Waals surface area contributed by atoms with Crippen LogP contribution in [-0.4, -0.2) is 16.7 Å². The van der Waals surface area contributed by atoms with Crippen LogP contribution in [0.1, 0.15) is 49.7 Å². The summed E-state index contributed by atoms with van der Waals surface area (Å²) < 4.78 is 7.98. The zero-order valence-corrected chi connectivity index (χ0v) is 22.0. The molecule has 3 heteroatoms. The molecule has 5 atom stereocenters. The predicted molar refractivity (Wildman–Crippen MR) is 154 cm³/mol. The molecule has 190 valence electrons. The van der Waals surface area contributed by atoms with E-state index in [1.165, 1.54) is 65.9 Å². The summed E-state index contributed by atoms with van der Waals surface area (Å²) in [6.45, 7) is 0. The largest absolute Gasteiger partial charge is 0.497 e. The van der Waals surface area contributed by atoms with Crippen molar-refractivity contribution in [3.8, 4) is 11.6 Å². The average Bonchev–Trinajstić information content (AvgIpc) is 3.30. The number of benzene rings is 3. The number of pyridine rings is 1. The van der Waals surface area contributed by atoms with Crippen LogP contribution in [0.4, 0.5) is 0 Å². The Kier molecular flexibility index (Phi) is 4.99. The molecule has 2 aromatic heterocycles. The molecule has 3 aliphatic carbocycles. The van der Waals surface area contributed by atoms with Crippen molar-refractivity contribution < 1.29 is 4.74 Å². The van der Waals surface area contributed by atoms with Gasteiger partial charge in [-0.05, 0) is 97.2 Å². The Labute approximate surface area is 224 Å². The highest BCUT2D eigenvalue weighted by Gasteiger charge is 2.54. The van der Waals surface area contributed by atoms with E-state index in [0.29, 0.717) is 5.92 Å². The summed E-state index contributed by atoms with van der Waals surface area (Å²) in [5.41, 5.74) is 5.32. The zero-order valence-electron chi connectivity index (χ0n) is 22.0. The van der Waals surface area contributed by atoms with Gasteiger partial charge in [-0.2, -0.15) is 0 Å². The number of ether oxygens (including phenoxy) is 1. The monoisotopic (exact) mass is 498 g/mol. The molecule has 3 bridgehead atoms. The smallest absolute Gasteiger partial charge is 0.137 e. The molecular formula is C35H34N2O. The molecule has 5 aromatic rings. The fourth-order valence-corrected chi connectivity index (χ4v) is 8.79. The fourth-order valence-electron chi connectivity index (χ4n) is 8.79. The van der Waals surface area contributed by atoms with Gasteiger partial charge in [0.15, 0.2) is 0 Å². The molecule has 3 nitrogen and oxygen atoms in total. The lowest BCUT2D eigenvalue weighted by Gasteiger charge is -2.58. The Bertz CT molecular complexity index is 1650. The number of fused-ring (bicyclic) bond motifs is 5. The first-order valence-corrected chi connectivity index (χ1v) is 14.3. The highest BCUT2D eigenvalue weighted by atomic mass is 16.5. The quantitative estimate of drug-likeness (QED) is 0.249. The lowest BCUT2D eigenvalue weighted by molar-refractivity contribution is -0.0118. The van der Waals surface area contributed by atoms with Crippen molar-refractivity contribution in [2.45, 2.75) is 43.9 Å². The van der Waals surface area contributed by atoms with Crippen molar-refractivity contribution in [3.63, 3.8) is 0 Å². The first-order valence-electron chi connectivity index (χ1n) is 14.3. The highest BCUT2D eigenvalue weighted by molar-refractivity contribution is 6.09. The summed E-state index contributed by atoms with van der Waals surface area (Å²) in [7, 11) is 1.74. The normalized spacial score (nSPS) is 28.1. The van der Waals surface area contributed by atoms with Crippen LogP contribution in [0.25, 0.3) is 27.6 Å². The lowest BCUT2D eigenvalue weighted by Crippen LogP contribution is -2.51. The molecular weight excluding hydrogens is 464 g/mol. The van der Waals surface area contributed by atoms with Crippen molar-refractivity contribution in [2.24, 2.45) is 23.7 Å². The van der Waals surface area contributed by atoms with E-state index in [1.54, 1.807) is 7.11 Å². The first-order chi connectivity index (χ1) is 18.7. The summed E-state index contributed by atoms with van der Waals surface area (Å²) in [6.07, 6.45) is 10.4. The molecule has 0 saturated heterocycles. The fraction of sp³-hybridized carbons (Fsp3) is 0.343. The van der Waals surface area contributed by atoms with Crippen molar-refractivity contribution in [3.05, 3.63) is 102 Å². The van der Waals surface area contributed by atoms with Gasteiger partial charge in [0.25, 0.3) is 0 Å². The maximum Gasteiger partial charge on any atom is 0.137 e. The van der Waals surface area contributed by atoms with E-state index in [-0.39, 0.29) is 5.41 Å². The number of rotatable bonds is 4. The first kappa shape index (κ1) is 22.4. The van der Waals surface area contributed by atoms with Gasteiger partial charge in [-0.25, -0.2) is 4.98 Å². The highest BCUT2D eigenvalue weighted by Crippen LogP contribution is 2.62. The van der Waals surface area contributed by atoms with Crippen molar-refractivity contribution in [1.29, 1.82) is 0 Å². The molecule has 2 heterocycles. The van der Waals surface area contributed by atoms with Crippen LogP contribution >= 0.6 is 0 Å². The van der Waals surface area contributed by atoms with Crippen molar-refractivity contribution in [1.82, 2.24) is 9.55 Å². The standard InChI is InChI=1S/C35H34N2O/c1-38-29-13-14-31-30-9-5-6-10-32(30)37(33(31)21-29)34-20-27(15-16-36-34)35(26-7-3-2-4-8-26)22-24-12-11-23-17-25(24)19-28(35)18-23/h2-10,13-16,20-21,23-25,28H,11-12,17-19,22H2,1H3. The molecule has 5 unspecified atom stereocenters. The van der Waals surface area contributed by atoms with E-state index in [9.17, 15) is 0 Å². The van der Waals surface area contributed by atoms with Crippen LogP contribution < -0.4 is 4.74 Å². The second-order valence-corrected chi connectivity index (χ2v) is 12.0. The van der Waals surface area contributed by atoms with E-state index in [4.69, 9.17) is 9.72 Å². The van der Waals surface area contributed by atoms with Gasteiger partial charge >= 0.3 is 0 Å². The number of hydrogen-bond acceptors (Lipinski definition) is 2. The van der Waals surface area contributed by atoms with Gasteiger partial charge in [0, 0.05) is 28.5 Å². The van der Waals surface area contributed by atoms with E-state index >= 15 is 0 Å². The molecule has 3 saturated carbocycles. The van der Waals surface area contributed by atoms with Gasteiger partial charge in [-0.3, -0.25) is 4.57 Å². The van der Waals surface area contributed by atoms with Gasteiger partial charge < -0.3 is 4.74 Å².